The van der Waals surface area contributed by atoms with Crippen molar-refractivity contribution in [2.45, 2.75) is 31.7 Å². The van der Waals surface area contributed by atoms with Crippen LogP contribution in [0.2, 0.25) is 0 Å². The van der Waals surface area contributed by atoms with E-state index in [1.807, 2.05) is 0 Å². The first kappa shape index (κ1) is 18.9. The maximum Gasteiger partial charge on any atom is 0.257 e. The highest BCUT2D eigenvalue weighted by Gasteiger charge is 2.26. The van der Waals surface area contributed by atoms with Crippen molar-refractivity contribution in [3.8, 4) is 5.75 Å². The Morgan fingerprint density at radius 3 is 2.67 bits per heavy atom. The predicted molar refractivity (Wildman–Crippen MR) is 106 cm³/mol. The zero-order valence-corrected chi connectivity index (χ0v) is 15.4. The lowest BCUT2D eigenvalue weighted by Crippen LogP contribution is -2.28. The number of carbonyl (C=O) groups is 2. The Balaban J connectivity index is 1.69. The smallest absolute Gasteiger partial charge is 0.257 e. The molecule has 6 heteroatoms. The quantitative estimate of drug-likeness (QED) is 0.729. The highest BCUT2D eigenvalue weighted by atomic mass is 16.5. The third-order valence-electron chi connectivity index (χ3n) is 4.94. The zero-order chi connectivity index (χ0) is 19.2. The van der Waals surface area contributed by atoms with Crippen LogP contribution in [0.1, 0.15) is 36.0 Å². The largest absolute Gasteiger partial charge is 0.497 e. The Labute approximate surface area is 159 Å². The molecule has 1 fully saturated rings. The van der Waals surface area contributed by atoms with Crippen LogP contribution in [-0.4, -0.2) is 25.0 Å². The molecule has 2 aromatic rings. The van der Waals surface area contributed by atoms with Crippen molar-refractivity contribution in [3.63, 3.8) is 0 Å². The minimum absolute atomic E-state index is 0.0855. The van der Waals surface area contributed by atoms with Gasteiger partial charge in [0.15, 0.2) is 0 Å². The molecule has 1 saturated carbocycles. The SMILES string of the molecule is COc1cccc(NC(=O)c2ccccc2NC(=O)C[C@@H]2CCC[C@H]2N)c1. The fraction of sp³-hybridized carbons (Fsp3) is 0.333. The Hall–Kier alpha value is -2.86. The maximum atomic E-state index is 12.7. The minimum atomic E-state index is -0.295. The molecule has 3 rings (SSSR count). The van der Waals surface area contributed by atoms with E-state index in [9.17, 15) is 9.59 Å². The number of ether oxygens (including phenoxy) is 1. The van der Waals surface area contributed by atoms with Crippen molar-refractivity contribution < 1.29 is 14.3 Å². The van der Waals surface area contributed by atoms with Crippen LogP contribution in [0.4, 0.5) is 11.4 Å². The molecule has 2 amide bonds. The topological polar surface area (TPSA) is 93.5 Å². The van der Waals surface area contributed by atoms with Gasteiger partial charge in [-0.15, -0.1) is 0 Å². The molecule has 0 unspecified atom stereocenters. The second kappa shape index (κ2) is 8.68. The summed E-state index contributed by atoms with van der Waals surface area (Å²) in [6.07, 6.45) is 3.40. The van der Waals surface area contributed by atoms with Gasteiger partial charge in [-0.25, -0.2) is 0 Å². The van der Waals surface area contributed by atoms with Crippen LogP contribution in [0.3, 0.4) is 0 Å². The Kier molecular flexibility index (Phi) is 6.08. The number of hydrogen-bond donors (Lipinski definition) is 3. The van der Waals surface area contributed by atoms with Crippen LogP contribution < -0.4 is 21.1 Å². The number of para-hydroxylation sites is 1. The van der Waals surface area contributed by atoms with Crippen LogP contribution in [0.5, 0.6) is 5.75 Å². The molecule has 0 aromatic heterocycles. The molecule has 0 aliphatic heterocycles. The minimum Gasteiger partial charge on any atom is -0.497 e. The zero-order valence-electron chi connectivity index (χ0n) is 15.4. The molecule has 2 aromatic carbocycles. The van der Waals surface area contributed by atoms with Crippen molar-refractivity contribution in [2.75, 3.05) is 17.7 Å². The molecule has 1 aliphatic carbocycles. The summed E-state index contributed by atoms with van der Waals surface area (Å²) in [6, 6.07) is 14.2. The highest BCUT2D eigenvalue weighted by Crippen LogP contribution is 2.27. The van der Waals surface area contributed by atoms with Crippen molar-refractivity contribution >= 4 is 23.2 Å². The third kappa shape index (κ3) is 4.86. The van der Waals surface area contributed by atoms with Gasteiger partial charge in [0.2, 0.25) is 5.91 Å². The van der Waals surface area contributed by atoms with Gasteiger partial charge in [0.25, 0.3) is 5.91 Å². The van der Waals surface area contributed by atoms with Crippen LogP contribution in [0.25, 0.3) is 0 Å². The van der Waals surface area contributed by atoms with Gasteiger partial charge in [-0.3, -0.25) is 9.59 Å². The van der Waals surface area contributed by atoms with E-state index in [0.717, 1.165) is 19.3 Å². The van der Waals surface area contributed by atoms with E-state index in [1.54, 1.807) is 55.6 Å². The van der Waals surface area contributed by atoms with Gasteiger partial charge in [0, 0.05) is 24.2 Å². The Morgan fingerprint density at radius 2 is 1.93 bits per heavy atom. The van der Waals surface area contributed by atoms with Crippen molar-refractivity contribution in [3.05, 3.63) is 54.1 Å². The standard InChI is InChI=1S/C21H25N3O3/c1-27-16-8-5-7-15(13-16)23-21(26)17-9-2-3-11-19(17)24-20(25)12-14-6-4-10-18(14)22/h2-3,5,7-9,11,13-14,18H,4,6,10,12,22H2,1H3,(H,23,26)(H,24,25)/t14-,18+/m0/s1. The lowest BCUT2D eigenvalue weighted by molar-refractivity contribution is -0.117. The average molecular weight is 367 g/mol. The first-order chi connectivity index (χ1) is 13.1. The van der Waals surface area contributed by atoms with Gasteiger partial charge < -0.3 is 21.1 Å². The summed E-state index contributed by atoms with van der Waals surface area (Å²) in [4.78, 5) is 25.1. The Bertz CT molecular complexity index is 822. The van der Waals surface area contributed by atoms with Gasteiger partial charge in [-0.2, -0.15) is 0 Å². The van der Waals surface area contributed by atoms with E-state index in [4.69, 9.17) is 10.5 Å². The number of benzene rings is 2. The molecular formula is C21H25N3O3. The first-order valence-corrected chi connectivity index (χ1v) is 9.16. The van der Waals surface area contributed by atoms with Gasteiger partial charge in [-0.05, 0) is 43.0 Å². The van der Waals surface area contributed by atoms with Gasteiger partial charge in [0.1, 0.15) is 5.75 Å². The fourth-order valence-corrected chi connectivity index (χ4v) is 3.45. The van der Waals surface area contributed by atoms with Crippen molar-refractivity contribution in [1.29, 1.82) is 0 Å². The number of nitrogens with two attached hydrogens (primary N) is 1. The van der Waals surface area contributed by atoms with E-state index in [-0.39, 0.29) is 23.8 Å². The van der Waals surface area contributed by atoms with E-state index in [2.05, 4.69) is 10.6 Å². The fourth-order valence-electron chi connectivity index (χ4n) is 3.45. The summed E-state index contributed by atoms with van der Waals surface area (Å²) in [5.41, 5.74) is 7.58. The van der Waals surface area contributed by atoms with E-state index >= 15 is 0 Å². The van der Waals surface area contributed by atoms with E-state index < -0.39 is 0 Å². The van der Waals surface area contributed by atoms with Crippen LogP contribution in [0, 0.1) is 5.92 Å². The summed E-state index contributed by atoms with van der Waals surface area (Å²) in [5.74, 6) is 0.459. The van der Waals surface area contributed by atoms with Crippen molar-refractivity contribution in [2.24, 2.45) is 11.7 Å². The van der Waals surface area contributed by atoms with E-state index in [0.29, 0.717) is 29.1 Å². The number of nitrogens with one attached hydrogen (secondary N) is 2. The van der Waals surface area contributed by atoms with Crippen LogP contribution >= 0.6 is 0 Å². The average Bonchev–Trinajstić information content (AvgIpc) is 3.06. The molecule has 1 aliphatic rings. The molecular weight excluding hydrogens is 342 g/mol. The number of amides is 2. The molecule has 4 N–H and O–H groups in total. The van der Waals surface area contributed by atoms with Gasteiger partial charge >= 0.3 is 0 Å². The van der Waals surface area contributed by atoms with Crippen LogP contribution in [-0.2, 0) is 4.79 Å². The second-order valence-corrected chi connectivity index (χ2v) is 6.84. The predicted octanol–water partition coefficient (Wildman–Crippen LogP) is 3.40. The third-order valence-corrected chi connectivity index (χ3v) is 4.94. The lowest BCUT2D eigenvalue weighted by atomic mass is 9.99. The van der Waals surface area contributed by atoms with Gasteiger partial charge in [0.05, 0.1) is 18.4 Å². The lowest BCUT2D eigenvalue weighted by Gasteiger charge is -2.16. The molecule has 142 valence electrons. The monoisotopic (exact) mass is 367 g/mol. The Morgan fingerprint density at radius 1 is 1.11 bits per heavy atom. The molecule has 2 atom stereocenters. The summed E-state index contributed by atoms with van der Waals surface area (Å²) < 4.78 is 5.17. The molecule has 0 radical (unpaired) electrons. The normalized spacial score (nSPS) is 18.7. The molecule has 0 saturated heterocycles. The molecule has 0 bridgehead atoms. The number of methoxy groups -OCH3 is 1. The molecule has 0 heterocycles. The summed E-state index contributed by atoms with van der Waals surface area (Å²) in [5, 5.41) is 5.70. The summed E-state index contributed by atoms with van der Waals surface area (Å²) in [6.45, 7) is 0. The van der Waals surface area contributed by atoms with E-state index in [1.165, 1.54) is 0 Å². The summed E-state index contributed by atoms with van der Waals surface area (Å²) >= 11 is 0. The maximum absolute atomic E-state index is 12.7. The highest BCUT2D eigenvalue weighted by molar-refractivity contribution is 6.10. The number of rotatable bonds is 6. The molecule has 27 heavy (non-hydrogen) atoms. The summed E-state index contributed by atoms with van der Waals surface area (Å²) in [7, 11) is 1.57. The first-order valence-electron chi connectivity index (χ1n) is 9.16. The second-order valence-electron chi connectivity index (χ2n) is 6.84. The van der Waals surface area contributed by atoms with Crippen molar-refractivity contribution in [1.82, 2.24) is 0 Å². The number of carbonyl (C=O) groups excluding carboxylic acids is 2. The molecule has 0 spiro atoms. The van der Waals surface area contributed by atoms with Crippen LogP contribution in [0.15, 0.2) is 48.5 Å². The molecule has 6 nitrogen and oxygen atoms in total. The number of anilines is 2. The van der Waals surface area contributed by atoms with Gasteiger partial charge in [-0.1, -0.05) is 24.6 Å². The number of hydrogen-bond acceptors (Lipinski definition) is 4.